The van der Waals surface area contributed by atoms with Crippen molar-refractivity contribution in [2.24, 2.45) is 10.4 Å². The third-order valence-corrected chi connectivity index (χ3v) is 12.1. The van der Waals surface area contributed by atoms with Gasteiger partial charge in [0.15, 0.2) is 11.4 Å². The van der Waals surface area contributed by atoms with Crippen molar-refractivity contribution in [3.05, 3.63) is 118 Å². The van der Waals surface area contributed by atoms with Crippen LogP contribution in [0.2, 0.25) is 0 Å². The second-order valence-electron chi connectivity index (χ2n) is 10.1. The Morgan fingerprint density at radius 1 is 0.895 bits per heavy atom. The number of ketones is 1. The van der Waals surface area contributed by atoms with Crippen LogP contribution in [0.5, 0.6) is 0 Å². The van der Waals surface area contributed by atoms with E-state index in [4.69, 9.17) is 14.0 Å². The number of fused-ring (bicyclic) bond motifs is 2. The Morgan fingerprint density at radius 3 is 2.13 bits per heavy atom. The van der Waals surface area contributed by atoms with Crippen LogP contribution in [0.4, 0.5) is 0 Å². The van der Waals surface area contributed by atoms with Gasteiger partial charge in [-0.05, 0) is 36.0 Å². The van der Waals surface area contributed by atoms with Gasteiger partial charge >= 0.3 is 7.60 Å². The van der Waals surface area contributed by atoms with Gasteiger partial charge in [0, 0.05) is 25.2 Å². The average molecular weight is 544 g/mol. The van der Waals surface area contributed by atoms with Gasteiger partial charge in [0.2, 0.25) is 0 Å². The second-order valence-corrected chi connectivity index (χ2v) is 13.7. The van der Waals surface area contributed by atoms with Crippen LogP contribution in [0.15, 0.2) is 107 Å². The first-order valence-electron chi connectivity index (χ1n) is 12.9. The van der Waals surface area contributed by atoms with Gasteiger partial charge in [-0.15, -0.1) is 0 Å². The lowest BCUT2D eigenvalue weighted by atomic mass is 9.64. The molecular formula is C31H30NO4PS. The van der Waals surface area contributed by atoms with E-state index < -0.39 is 18.7 Å². The number of allylic oxidation sites excluding steroid dienone is 1. The molecule has 1 saturated carbocycles. The van der Waals surface area contributed by atoms with E-state index in [1.54, 1.807) is 11.8 Å². The van der Waals surface area contributed by atoms with Gasteiger partial charge in [0.1, 0.15) is 5.03 Å². The van der Waals surface area contributed by atoms with Gasteiger partial charge in [-0.1, -0.05) is 109 Å². The fourth-order valence-electron chi connectivity index (χ4n) is 6.69. The van der Waals surface area contributed by atoms with Crippen molar-refractivity contribution >= 4 is 30.9 Å². The number of nitrogens with zero attached hydrogens (tertiary/aromatic N) is 1. The second kappa shape index (κ2) is 9.77. The molecule has 38 heavy (non-hydrogen) atoms. The highest BCUT2D eigenvalue weighted by atomic mass is 32.2. The Morgan fingerprint density at radius 2 is 1.50 bits per heavy atom. The van der Waals surface area contributed by atoms with E-state index in [1.165, 1.54) is 25.3 Å². The molecule has 2 aliphatic heterocycles. The molecule has 3 atom stereocenters. The number of hydrogen-bond donors (Lipinski definition) is 0. The number of benzene rings is 3. The monoisotopic (exact) mass is 543 g/mol. The van der Waals surface area contributed by atoms with Crippen molar-refractivity contribution in [2.75, 3.05) is 14.2 Å². The Bertz CT molecular complexity index is 1470. The predicted octanol–water partition coefficient (Wildman–Crippen LogP) is 7.18. The lowest BCUT2D eigenvalue weighted by Crippen LogP contribution is -2.45. The molecule has 0 amide bonds. The first-order chi connectivity index (χ1) is 18.5. The zero-order chi connectivity index (χ0) is 26.4. The Hall–Kier alpha value is -2.76. The lowest BCUT2D eigenvalue weighted by molar-refractivity contribution is -0.115. The lowest BCUT2D eigenvalue weighted by Gasteiger charge is -2.43. The smallest absolute Gasteiger partial charge is 0.311 e. The highest BCUT2D eigenvalue weighted by Gasteiger charge is 2.67. The summed E-state index contributed by atoms with van der Waals surface area (Å²) in [5.74, 6) is -0.191. The van der Waals surface area contributed by atoms with Crippen LogP contribution in [0.3, 0.4) is 0 Å². The van der Waals surface area contributed by atoms with E-state index in [-0.39, 0.29) is 10.5 Å². The van der Waals surface area contributed by atoms with Gasteiger partial charge < -0.3 is 9.05 Å². The minimum atomic E-state index is -3.85. The molecule has 3 unspecified atom stereocenters. The Balaban J connectivity index is 1.61. The standard InChI is InChI=1S/C31H30NO4PS/c1-35-37(34,36-2)28-26(23-15-8-4-9-16-23)32-29-25(27(28)33)30(21-22-13-6-3-7-14-22)19-12-20-31(30,38-29)24-17-10-5-11-18-24/h3-11,13-18,28H,12,19-21H2,1-2H3. The summed E-state index contributed by atoms with van der Waals surface area (Å²) in [6, 6.07) is 30.4. The van der Waals surface area contributed by atoms with E-state index in [1.807, 2.05) is 54.6 Å². The van der Waals surface area contributed by atoms with Gasteiger partial charge in [-0.2, -0.15) is 0 Å². The Kier molecular flexibility index (Phi) is 6.56. The minimum Gasteiger partial charge on any atom is -0.311 e. The maximum Gasteiger partial charge on any atom is 0.346 e. The highest BCUT2D eigenvalue weighted by Crippen LogP contribution is 2.74. The average Bonchev–Trinajstić information content (AvgIpc) is 3.45. The minimum absolute atomic E-state index is 0.191. The fraction of sp³-hybridized carbons (Fsp3) is 0.290. The summed E-state index contributed by atoms with van der Waals surface area (Å²) in [6.07, 6.45) is 3.47. The molecule has 194 valence electrons. The first-order valence-corrected chi connectivity index (χ1v) is 15.3. The number of Topliss-reactive ketones (excluding diaryl/α,β-unsaturated/α-hetero) is 1. The molecule has 7 heteroatoms. The van der Waals surface area contributed by atoms with Crippen molar-refractivity contribution in [1.82, 2.24) is 0 Å². The zero-order valence-electron chi connectivity index (χ0n) is 21.5. The molecular weight excluding hydrogens is 513 g/mol. The van der Waals surface area contributed by atoms with Crippen molar-refractivity contribution < 1.29 is 18.4 Å². The summed E-state index contributed by atoms with van der Waals surface area (Å²) in [5.41, 5.74) is 2.64. The molecule has 1 aliphatic carbocycles. The summed E-state index contributed by atoms with van der Waals surface area (Å²) in [6.45, 7) is 0. The van der Waals surface area contributed by atoms with Crippen molar-refractivity contribution in [3.63, 3.8) is 0 Å². The van der Waals surface area contributed by atoms with E-state index in [0.717, 1.165) is 29.9 Å². The van der Waals surface area contributed by atoms with Crippen molar-refractivity contribution in [3.8, 4) is 0 Å². The largest absolute Gasteiger partial charge is 0.346 e. The van der Waals surface area contributed by atoms with Crippen LogP contribution in [-0.4, -0.2) is 31.4 Å². The number of carbonyl (C=O) groups excluding carboxylic acids is 1. The van der Waals surface area contributed by atoms with Crippen LogP contribution in [-0.2, 0) is 29.6 Å². The van der Waals surface area contributed by atoms with Crippen LogP contribution in [0, 0.1) is 5.41 Å². The van der Waals surface area contributed by atoms with E-state index >= 15 is 0 Å². The van der Waals surface area contributed by atoms with Gasteiger partial charge in [-0.3, -0.25) is 9.36 Å². The molecule has 0 aromatic heterocycles. The molecule has 0 saturated heterocycles. The number of carbonyl (C=O) groups is 1. The molecule has 3 aromatic rings. The maximum atomic E-state index is 14.8. The van der Waals surface area contributed by atoms with E-state index in [0.29, 0.717) is 17.7 Å². The normalized spacial score (nSPS) is 26.7. The molecule has 1 fully saturated rings. The van der Waals surface area contributed by atoms with Gasteiger partial charge in [0.05, 0.1) is 10.5 Å². The maximum absolute atomic E-state index is 14.8. The van der Waals surface area contributed by atoms with E-state index in [9.17, 15) is 9.36 Å². The topological polar surface area (TPSA) is 65.0 Å². The van der Waals surface area contributed by atoms with Crippen LogP contribution >= 0.6 is 19.4 Å². The molecule has 0 N–H and O–H groups in total. The quantitative estimate of drug-likeness (QED) is 0.295. The summed E-state index contributed by atoms with van der Waals surface area (Å²) in [5, 5.41) is 0.739. The van der Waals surface area contributed by atoms with Crippen LogP contribution < -0.4 is 0 Å². The fourth-order valence-corrected chi connectivity index (χ4v) is 10.0. The highest BCUT2D eigenvalue weighted by molar-refractivity contribution is 8.04. The van der Waals surface area contributed by atoms with Crippen molar-refractivity contribution in [1.29, 1.82) is 0 Å². The number of rotatable bonds is 7. The third-order valence-electron chi connectivity index (χ3n) is 8.33. The zero-order valence-corrected chi connectivity index (χ0v) is 23.2. The summed E-state index contributed by atoms with van der Waals surface area (Å²) < 4.78 is 24.6. The third kappa shape index (κ3) is 3.73. The molecule has 3 aromatic carbocycles. The SMILES string of the molecule is COP(=O)(OC)C1C(=O)C2=C(N=C1c1ccccc1)SC1(c3ccccc3)CCCC21Cc1ccccc1. The number of hydrogen-bond acceptors (Lipinski definition) is 6. The van der Waals surface area contributed by atoms with Crippen LogP contribution in [0.1, 0.15) is 36.0 Å². The number of aliphatic imine (C=N–C) groups is 1. The van der Waals surface area contributed by atoms with Gasteiger partial charge in [0.25, 0.3) is 0 Å². The van der Waals surface area contributed by atoms with E-state index in [2.05, 4.69) is 36.4 Å². The number of thioether (sulfide) groups is 1. The summed E-state index contributed by atoms with van der Waals surface area (Å²) >= 11 is 1.71. The predicted molar refractivity (Wildman–Crippen MR) is 153 cm³/mol. The van der Waals surface area contributed by atoms with Crippen molar-refractivity contribution in [2.45, 2.75) is 36.1 Å². The summed E-state index contributed by atoms with van der Waals surface area (Å²) in [7, 11) is -1.16. The molecule has 0 radical (unpaired) electrons. The molecule has 0 bridgehead atoms. The Labute approximate surface area is 227 Å². The summed E-state index contributed by atoms with van der Waals surface area (Å²) in [4.78, 5) is 19.9. The molecule has 0 spiro atoms. The van der Waals surface area contributed by atoms with Crippen LogP contribution in [0.25, 0.3) is 0 Å². The molecule has 2 heterocycles. The van der Waals surface area contributed by atoms with Gasteiger partial charge in [-0.25, -0.2) is 4.99 Å². The first kappa shape index (κ1) is 25.5. The molecule has 5 nitrogen and oxygen atoms in total. The molecule has 6 rings (SSSR count). The molecule has 3 aliphatic rings.